The molecule has 0 aliphatic carbocycles. The van der Waals surface area contributed by atoms with Crippen LogP contribution in [0.3, 0.4) is 0 Å². The van der Waals surface area contributed by atoms with Crippen LogP contribution in [0.25, 0.3) is 22.6 Å². The van der Waals surface area contributed by atoms with E-state index in [9.17, 15) is 0 Å². The standard InChI is InChI=1S/C18H15BrOS/c1-21-18-15(12-19)16(13-8-4-2-5-9-13)20-17(18)14-10-6-3-7-11-14/h2-11H,12H2,1H3. The maximum atomic E-state index is 6.25. The molecule has 0 unspecified atom stereocenters. The highest BCUT2D eigenvalue weighted by Crippen LogP contribution is 2.42. The molecule has 0 atom stereocenters. The topological polar surface area (TPSA) is 13.1 Å². The summed E-state index contributed by atoms with van der Waals surface area (Å²) in [6.45, 7) is 0. The largest absolute Gasteiger partial charge is 0.455 e. The Morgan fingerprint density at radius 2 is 1.38 bits per heavy atom. The number of benzene rings is 2. The van der Waals surface area contributed by atoms with Crippen molar-refractivity contribution in [3.8, 4) is 22.6 Å². The molecule has 1 nitrogen and oxygen atoms in total. The minimum atomic E-state index is 0.781. The van der Waals surface area contributed by atoms with E-state index in [0.717, 1.165) is 28.0 Å². The predicted molar refractivity (Wildman–Crippen MR) is 94.0 cm³/mol. The smallest absolute Gasteiger partial charge is 0.148 e. The number of alkyl halides is 1. The van der Waals surface area contributed by atoms with Crippen LogP contribution in [0.4, 0.5) is 0 Å². The molecule has 2 aromatic carbocycles. The van der Waals surface area contributed by atoms with E-state index >= 15 is 0 Å². The van der Waals surface area contributed by atoms with Gasteiger partial charge in [-0.25, -0.2) is 0 Å². The van der Waals surface area contributed by atoms with Gasteiger partial charge in [0.05, 0.1) is 4.90 Å². The first-order valence-corrected chi connectivity index (χ1v) is 9.06. The van der Waals surface area contributed by atoms with Crippen molar-refractivity contribution in [1.29, 1.82) is 0 Å². The van der Waals surface area contributed by atoms with E-state index in [-0.39, 0.29) is 0 Å². The van der Waals surface area contributed by atoms with Crippen LogP contribution in [-0.4, -0.2) is 6.26 Å². The molecule has 0 saturated heterocycles. The third-order valence-electron chi connectivity index (χ3n) is 3.37. The van der Waals surface area contributed by atoms with Gasteiger partial charge >= 0.3 is 0 Å². The normalized spacial score (nSPS) is 10.8. The van der Waals surface area contributed by atoms with Crippen molar-refractivity contribution in [2.75, 3.05) is 6.26 Å². The van der Waals surface area contributed by atoms with Gasteiger partial charge in [-0.15, -0.1) is 11.8 Å². The van der Waals surface area contributed by atoms with E-state index in [1.807, 2.05) is 36.4 Å². The van der Waals surface area contributed by atoms with Gasteiger partial charge in [0.25, 0.3) is 0 Å². The molecule has 106 valence electrons. The molecule has 0 saturated carbocycles. The molecule has 0 aliphatic rings. The fourth-order valence-electron chi connectivity index (χ4n) is 2.39. The van der Waals surface area contributed by atoms with Gasteiger partial charge in [-0.1, -0.05) is 76.6 Å². The van der Waals surface area contributed by atoms with Crippen LogP contribution in [0, 0.1) is 0 Å². The molecule has 0 fully saturated rings. The van der Waals surface area contributed by atoms with Crippen molar-refractivity contribution in [2.45, 2.75) is 10.2 Å². The first-order chi connectivity index (χ1) is 10.3. The molecule has 3 aromatic rings. The summed E-state index contributed by atoms with van der Waals surface area (Å²) in [7, 11) is 0. The van der Waals surface area contributed by atoms with Crippen molar-refractivity contribution in [1.82, 2.24) is 0 Å². The Labute approximate surface area is 137 Å². The van der Waals surface area contributed by atoms with Gasteiger partial charge in [-0.05, 0) is 6.26 Å². The van der Waals surface area contributed by atoms with Crippen LogP contribution in [0.1, 0.15) is 5.56 Å². The van der Waals surface area contributed by atoms with Gasteiger partial charge in [-0.3, -0.25) is 0 Å². The molecule has 3 heteroatoms. The molecule has 0 N–H and O–H groups in total. The summed E-state index contributed by atoms with van der Waals surface area (Å²) in [5, 5.41) is 0.781. The van der Waals surface area contributed by atoms with Crippen molar-refractivity contribution < 1.29 is 4.42 Å². The summed E-state index contributed by atoms with van der Waals surface area (Å²) in [5.41, 5.74) is 3.45. The van der Waals surface area contributed by atoms with Crippen molar-refractivity contribution in [2.24, 2.45) is 0 Å². The third kappa shape index (κ3) is 2.81. The highest BCUT2D eigenvalue weighted by molar-refractivity contribution is 9.08. The van der Waals surface area contributed by atoms with Gasteiger partial charge in [0.1, 0.15) is 11.5 Å². The third-order valence-corrected chi connectivity index (χ3v) is 4.77. The highest BCUT2D eigenvalue weighted by atomic mass is 79.9. The Hall–Kier alpha value is -1.45. The van der Waals surface area contributed by atoms with Crippen molar-refractivity contribution >= 4 is 27.7 Å². The molecular weight excluding hydrogens is 344 g/mol. The molecule has 0 radical (unpaired) electrons. The number of hydrogen-bond donors (Lipinski definition) is 0. The summed E-state index contributed by atoms with van der Waals surface area (Å²) < 4.78 is 6.25. The average Bonchev–Trinajstić information content (AvgIpc) is 2.95. The van der Waals surface area contributed by atoms with Crippen LogP contribution < -0.4 is 0 Å². The van der Waals surface area contributed by atoms with Crippen LogP contribution in [0.5, 0.6) is 0 Å². The van der Waals surface area contributed by atoms with E-state index in [1.165, 1.54) is 10.5 Å². The second-order valence-corrected chi connectivity index (χ2v) is 6.02. The minimum absolute atomic E-state index is 0.781. The van der Waals surface area contributed by atoms with Crippen molar-refractivity contribution in [3.63, 3.8) is 0 Å². The first kappa shape index (κ1) is 14.5. The summed E-state index contributed by atoms with van der Waals surface area (Å²) >= 11 is 5.34. The van der Waals surface area contributed by atoms with Gasteiger partial charge in [-0.2, -0.15) is 0 Å². The monoisotopic (exact) mass is 358 g/mol. The summed E-state index contributed by atoms with van der Waals surface area (Å²) in [5.74, 6) is 1.91. The first-order valence-electron chi connectivity index (χ1n) is 6.71. The van der Waals surface area contributed by atoms with Crippen LogP contribution in [0.2, 0.25) is 0 Å². The van der Waals surface area contributed by atoms with E-state index in [2.05, 4.69) is 46.5 Å². The van der Waals surface area contributed by atoms with Crippen molar-refractivity contribution in [3.05, 3.63) is 66.2 Å². The lowest BCUT2D eigenvalue weighted by molar-refractivity contribution is 0.591. The number of hydrogen-bond acceptors (Lipinski definition) is 2. The molecule has 0 aliphatic heterocycles. The lowest BCUT2D eigenvalue weighted by Gasteiger charge is -2.01. The zero-order valence-electron chi connectivity index (χ0n) is 11.7. The van der Waals surface area contributed by atoms with Crippen LogP contribution >= 0.6 is 27.7 Å². The quantitative estimate of drug-likeness (QED) is 0.405. The molecular formula is C18H15BrOS. The van der Waals surface area contributed by atoms with Gasteiger partial charge in [0.15, 0.2) is 0 Å². The van der Waals surface area contributed by atoms with E-state index in [4.69, 9.17) is 4.42 Å². The molecule has 1 aromatic heterocycles. The molecule has 1 heterocycles. The second-order valence-electron chi connectivity index (χ2n) is 4.64. The lowest BCUT2D eigenvalue weighted by atomic mass is 10.1. The lowest BCUT2D eigenvalue weighted by Crippen LogP contribution is -1.82. The second kappa shape index (κ2) is 6.54. The minimum Gasteiger partial charge on any atom is -0.455 e. The van der Waals surface area contributed by atoms with E-state index in [1.54, 1.807) is 11.8 Å². The fraction of sp³-hybridized carbons (Fsp3) is 0.111. The zero-order chi connectivity index (χ0) is 14.7. The van der Waals surface area contributed by atoms with Gasteiger partial charge in [0.2, 0.25) is 0 Å². The Morgan fingerprint density at radius 1 is 0.857 bits per heavy atom. The molecule has 0 spiro atoms. The molecule has 3 rings (SSSR count). The predicted octanol–water partition coefficient (Wildman–Crippen LogP) is 6.23. The summed E-state index contributed by atoms with van der Waals surface area (Å²) in [4.78, 5) is 1.21. The average molecular weight is 359 g/mol. The number of furan rings is 1. The fourth-order valence-corrected chi connectivity index (χ4v) is 3.87. The van der Waals surface area contributed by atoms with Gasteiger partial charge in [0, 0.05) is 22.0 Å². The zero-order valence-corrected chi connectivity index (χ0v) is 14.1. The van der Waals surface area contributed by atoms with Crippen LogP contribution in [0.15, 0.2) is 70.0 Å². The Kier molecular flexibility index (Phi) is 4.51. The Balaban J connectivity index is 2.21. The summed E-state index contributed by atoms with van der Waals surface area (Å²) in [6.07, 6.45) is 2.10. The Bertz CT molecular complexity index is 658. The van der Waals surface area contributed by atoms with Gasteiger partial charge < -0.3 is 4.42 Å². The Morgan fingerprint density at radius 3 is 1.86 bits per heavy atom. The molecule has 0 bridgehead atoms. The number of thioether (sulfide) groups is 1. The van der Waals surface area contributed by atoms with E-state index < -0.39 is 0 Å². The SMILES string of the molecule is CSc1c(-c2ccccc2)oc(-c2ccccc2)c1CBr. The maximum Gasteiger partial charge on any atom is 0.148 e. The van der Waals surface area contributed by atoms with Crippen LogP contribution in [-0.2, 0) is 5.33 Å². The molecule has 21 heavy (non-hydrogen) atoms. The van der Waals surface area contributed by atoms with E-state index in [0.29, 0.717) is 0 Å². The number of halogens is 1. The molecule has 0 amide bonds. The number of rotatable bonds is 4. The summed E-state index contributed by atoms with van der Waals surface area (Å²) in [6, 6.07) is 20.6. The maximum absolute atomic E-state index is 6.25. The highest BCUT2D eigenvalue weighted by Gasteiger charge is 2.20.